The number of alkyl halides is 3. The molecule has 1 aromatic heterocycles. The molecule has 102 valence electrons. The van der Waals surface area contributed by atoms with Crippen molar-refractivity contribution in [2.75, 3.05) is 0 Å². The van der Waals surface area contributed by atoms with Gasteiger partial charge in [0, 0.05) is 0 Å². The van der Waals surface area contributed by atoms with Crippen molar-refractivity contribution in [2.45, 2.75) is 12.9 Å². The van der Waals surface area contributed by atoms with Crippen molar-refractivity contribution in [1.29, 1.82) is 0 Å². The van der Waals surface area contributed by atoms with E-state index in [0.29, 0.717) is 10.2 Å². The third-order valence-corrected chi connectivity index (χ3v) is 3.07. The van der Waals surface area contributed by atoms with Crippen LogP contribution in [-0.4, -0.2) is 21.4 Å². The second-order valence-corrected chi connectivity index (χ2v) is 4.61. The Hall–Kier alpha value is -1.28. The summed E-state index contributed by atoms with van der Waals surface area (Å²) < 4.78 is 40.1. The van der Waals surface area contributed by atoms with Crippen LogP contribution in [0.25, 0.3) is 0 Å². The monoisotopic (exact) mass is 355 g/mol. The largest absolute Gasteiger partial charge is 0.573 e. The lowest BCUT2D eigenvalue weighted by Crippen LogP contribution is -2.17. The van der Waals surface area contributed by atoms with Gasteiger partial charge in [0.25, 0.3) is 0 Å². The first-order chi connectivity index (χ1) is 8.83. The van der Waals surface area contributed by atoms with Crippen LogP contribution in [0.5, 0.6) is 5.75 Å². The Balaban J connectivity index is 2.06. The molecule has 0 fully saturated rings. The number of ether oxygens (including phenoxy) is 1. The van der Waals surface area contributed by atoms with Gasteiger partial charge in [-0.05, 0) is 33.6 Å². The highest BCUT2D eigenvalue weighted by Gasteiger charge is 2.30. The number of aromatic nitrogens is 3. The molecular weight excluding hydrogens is 350 g/mol. The van der Waals surface area contributed by atoms with E-state index in [9.17, 15) is 13.2 Å². The molecule has 0 spiro atoms. The van der Waals surface area contributed by atoms with Crippen LogP contribution in [0.3, 0.4) is 0 Å². The zero-order valence-electron chi connectivity index (χ0n) is 9.16. The number of halogens is 5. The predicted octanol–water partition coefficient (Wildman–Crippen LogP) is 3.64. The lowest BCUT2D eigenvalue weighted by Gasteiger charge is -2.09. The van der Waals surface area contributed by atoms with Crippen molar-refractivity contribution in [3.05, 3.63) is 39.6 Å². The third kappa shape index (κ3) is 4.10. The molecule has 0 unspecified atom stereocenters. The number of nitrogens with zero attached hydrogens (tertiary/aromatic N) is 3. The minimum Gasteiger partial charge on any atom is -0.406 e. The fraction of sp³-hybridized carbons (Fsp3) is 0.200. The van der Waals surface area contributed by atoms with E-state index in [-0.39, 0.29) is 17.4 Å². The maximum atomic E-state index is 12.0. The van der Waals surface area contributed by atoms with Crippen molar-refractivity contribution >= 4 is 27.5 Å². The summed E-state index contributed by atoms with van der Waals surface area (Å²) in [6.45, 7) is 0.289. The molecule has 0 saturated carbocycles. The SMILES string of the molecule is FC(F)(F)Oc1ccc(Cn2nc(Cl)c(Br)n2)cc1. The lowest BCUT2D eigenvalue weighted by molar-refractivity contribution is -0.274. The highest BCUT2D eigenvalue weighted by Crippen LogP contribution is 2.23. The first-order valence-electron chi connectivity index (χ1n) is 4.94. The summed E-state index contributed by atoms with van der Waals surface area (Å²) in [7, 11) is 0. The van der Waals surface area contributed by atoms with Crippen LogP contribution in [0.15, 0.2) is 28.9 Å². The van der Waals surface area contributed by atoms with Gasteiger partial charge in [-0.3, -0.25) is 0 Å². The Kier molecular flexibility index (Phi) is 4.00. The van der Waals surface area contributed by atoms with Crippen LogP contribution in [0.2, 0.25) is 5.15 Å². The predicted molar refractivity (Wildman–Crippen MR) is 65.0 cm³/mol. The summed E-state index contributed by atoms with van der Waals surface area (Å²) >= 11 is 8.81. The Morgan fingerprint density at radius 1 is 1.21 bits per heavy atom. The number of rotatable bonds is 3. The second-order valence-electron chi connectivity index (χ2n) is 3.50. The van der Waals surface area contributed by atoms with Crippen LogP contribution in [0.1, 0.15) is 5.56 Å². The van der Waals surface area contributed by atoms with Crippen molar-refractivity contribution in [3.63, 3.8) is 0 Å². The van der Waals surface area contributed by atoms with Gasteiger partial charge in [0.1, 0.15) is 5.75 Å². The highest BCUT2D eigenvalue weighted by atomic mass is 79.9. The fourth-order valence-corrected chi connectivity index (χ4v) is 1.73. The maximum Gasteiger partial charge on any atom is 0.573 e. The minimum atomic E-state index is -4.69. The smallest absolute Gasteiger partial charge is 0.406 e. The Bertz CT molecular complexity index is 551. The summed E-state index contributed by atoms with van der Waals surface area (Å²) in [5.74, 6) is -0.274. The summed E-state index contributed by atoms with van der Waals surface area (Å²) in [5.41, 5.74) is 0.716. The first kappa shape index (κ1) is 14.1. The highest BCUT2D eigenvalue weighted by molar-refractivity contribution is 9.10. The average molecular weight is 357 g/mol. The molecule has 1 heterocycles. The van der Waals surface area contributed by atoms with Crippen molar-refractivity contribution < 1.29 is 17.9 Å². The van der Waals surface area contributed by atoms with E-state index < -0.39 is 6.36 Å². The lowest BCUT2D eigenvalue weighted by atomic mass is 10.2. The summed E-state index contributed by atoms with van der Waals surface area (Å²) in [6, 6.07) is 5.43. The summed E-state index contributed by atoms with van der Waals surface area (Å²) in [6.07, 6.45) is -4.69. The molecule has 0 N–H and O–H groups in total. The molecule has 4 nitrogen and oxygen atoms in total. The maximum absolute atomic E-state index is 12.0. The van der Waals surface area contributed by atoms with Crippen molar-refractivity contribution in [2.24, 2.45) is 0 Å². The Morgan fingerprint density at radius 3 is 2.32 bits per heavy atom. The van der Waals surface area contributed by atoms with Gasteiger partial charge < -0.3 is 4.74 Å². The van der Waals surface area contributed by atoms with Gasteiger partial charge >= 0.3 is 6.36 Å². The molecule has 0 atom stereocenters. The van der Waals surface area contributed by atoms with E-state index in [1.165, 1.54) is 29.1 Å². The number of benzene rings is 1. The Morgan fingerprint density at radius 2 is 1.84 bits per heavy atom. The van der Waals surface area contributed by atoms with E-state index in [2.05, 4.69) is 30.9 Å². The number of hydrogen-bond acceptors (Lipinski definition) is 3. The normalized spacial score (nSPS) is 11.6. The second kappa shape index (κ2) is 5.38. The van der Waals surface area contributed by atoms with Gasteiger partial charge in [0.15, 0.2) is 9.76 Å². The molecule has 0 aliphatic heterocycles. The minimum absolute atomic E-state index is 0.219. The van der Waals surface area contributed by atoms with Crippen LogP contribution in [0.4, 0.5) is 13.2 Å². The van der Waals surface area contributed by atoms with Crippen molar-refractivity contribution in [1.82, 2.24) is 15.0 Å². The summed E-state index contributed by atoms with van der Waals surface area (Å²) in [5, 5.41) is 8.09. The molecule has 19 heavy (non-hydrogen) atoms. The molecule has 0 radical (unpaired) electrons. The molecule has 2 rings (SSSR count). The van der Waals surface area contributed by atoms with E-state index in [4.69, 9.17) is 11.6 Å². The van der Waals surface area contributed by atoms with Gasteiger partial charge in [0.05, 0.1) is 6.54 Å². The third-order valence-electron chi connectivity index (χ3n) is 2.06. The van der Waals surface area contributed by atoms with Crippen molar-refractivity contribution in [3.8, 4) is 5.75 Å². The molecule has 1 aromatic carbocycles. The fourth-order valence-electron chi connectivity index (χ4n) is 1.34. The van der Waals surface area contributed by atoms with Gasteiger partial charge in [0.2, 0.25) is 0 Å². The summed E-state index contributed by atoms with van der Waals surface area (Å²) in [4.78, 5) is 1.33. The molecular formula is C10H6BrClF3N3O. The van der Waals surface area contributed by atoms with Crippen LogP contribution < -0.4 is 4.74 Å². The molecule has 0 aliphatic carbocycles. The van der Waals surface area contributed by atoms with Gasteiger partial charge in [-0.15, -0.1) is 23.4 Å². The first-order valence-corrected chi connectivity index (χ1v) is 6.11. The van der Waals surface area contributed by atoms with Crippen LogP contribution in [0, 0.1) is 0 Å². The van der Waals surface area contributed by atoms with Crippen LogP contribution >= 0.6 is 27.5 Å². The molecule has 0 amide bonds. The molecule has 2 aromatic rings. The molecule has 0 bridgehead atoms. The van der Waals surface area contributed by atoms with E-state index >= 15 is 0 Å². The van der Waals surface area contributed by atoms with Gasteiger partial charge in [-0.25, -0.2) is 0 Å². The zero-order valence-corrected chi connectivity index (χ0v) is 11.5. The van der Waals surface area contributed by atoms with E-state index in [1.54, 1.807) is 0 Å². The molecule has 9 heteroatoms. The Labute approximate surface area is 119 Å². The van der Waals surface area contributed by atoms with Crippen LogP contribution in [-0.2, 0) is 6.54 Å². The van der Waals surface area contributed by atoms with E-state index in [0.717, 1.165) is 0 Å². The number of hydrogen-bond donors (Lipinski definition) is 0. The van der Waals surface area contributed by atoms with E-state index in [1.807, 2.05) is 0 Å². The van der Waals surface area contributed by atoms with Gasteiger partial charge in [-0.1, -0.05) is 23.7 Å². The quantitative estimate of drug-likeness (QED) is 0.843. The topological polar surface area (TPSA) is 39.9 Å². The standard InChI is InChI=1S/C10H6BrClF3N3O/c11-8-9(12)17-18(16-8)5-6-1-3-7(4-2-6)19-10(13,14)15/h1-4H,5H2. The zero-order chi connectivity index (χ0) is 14.0. The molecule has 0 aliphatic rings. The van der Waals surface area contributed by atoms with Gasteiger partial charge in [-0.2, -0.15) is 4.80 Å². The average Bonchev–Trinajstić information content (AvgIpc) is 2.59. The molecule has 0 saturated heterocycles.